The van der Waals surface area contributed by atoms with E-state index in [9.17, 15) is 21.6 Å². The minimum absolute atomic E-state index is 0. The molecular formula is C25H32ClN3O6S3. The first-order chi connectivity index (χ1) is 17.5. The molecule has 0 bridgehead atoms. The number of fused-ring (bicyclic) bond motifs is 1. The number of aryl methyl sites for hydroxylation is 1. The Morgan fingerprint density at radius 3 is 2.37 bits per heavy atom. The number of hydrogen-bond acceptors (Lipinski definition) is 9. The number of hydrogen-bond donors (Lipinski definition) is 0. The van der Waals surface area contributed by atoms with Gasteiger partial charge in [0.2, 0.25) is 5.91 Å². The van der Waals surface area contributed by atoms with Gasteiger partial charge >= 0.3 is 0 Å². The molecule has 38 heavy (non-hydrogen) atoms. The normalized spacial score (nSPS) is 14.8. The minimum Gasteiger partial charge on any atom is -0.379 e. The lowest BCUT2D eigenvalue weighted by atomic mass is 10.2. The molecule has 0 spiro atoms. The van der Waals surface area contributed by atoms with E-state index in [4.69, 9.17) is 4.74 Å². The van der Waals surface area contributed by atoms with Gasteiger partial charge in [-0.05, 0) is 43.7 Å². The third-order valence-electron chi connectivity index (χ3n) is 6.24. The van der Waals surface area contributed by atoms with Crippen LogP contribution in [0.25, 0.3) is 10.2 Å². The van der Waals surface area contributed by atoms with Crippen molar-refractivity contribution in [1.29, 1.82) is 0 Å². The number of aromatic nitrogens is 1. The molecule has 4 rings (SSSR count). The Balaban J connectivity index is 0.00000400. The summed E-state index contributed by atoms with van der Waals surface area (Å²) in [6.07, 6.45) is 1.39. The Morgan fingerprint density at radius 1 is 1.05 bits per heavy atom. The topological polar surface area (TPSA) is 114 Å². The number of carbonyl (C=O) groups excluding carboxylic acids is 1. The molecule has 0 radical (unpaired) electrons. The van der Waals surface area contributed by atoms with Crippen LogP contribution >= 0.6 is 23.7 Å². The largest absolute Gasteiger partial charge is 0.379 e. The number of benzene rings is 2. The van der Waals surface area contributed by atoms with E-state index in [1.54, 1.807) is 41.3 Å². The van der Waals surface area contributed by atoms with E-state index in [1.807, 2.05) is 6.92 Å². The van der Waals surface area contributed by atoms with Crippen molar-refractivity contribution < 1.29 is 26.4 Å². The van der Waals surface area contributed by atoms with Gasteiger partial charge in [0.25, 0.3) is 0 Å². The zero-order chi connectivity index (χ0) is 26.6. The third-order valence-corrected chi connectivity index (χ3v) is 10.2. The lowest BCUT2D eigenvalue weighted by Gasteiger charge is -2.29. The van der Waals surface area contributed by atoms with E-state index in [-0.39, 0.29) is 46.7 Å². The molecule has 1 aliphatic rings. The van der Waals surface area contributed by atoms with Gasteiger partial charge in [0.15, 0.2) is 24.8 Å². The smallest absolute Gasteiger partial charge is 0.228 e. The van der Waals surface area contributed by atoms with Crippen molar-refractivity contribution in [1.82, 2.24) is 9.88 Å². The highest BCUT2D eigenvalue weighted by Crippen LogP contribution is 2.31. The molecule has 1 saturated heterocycles. The van der Waals surface area contributed by atoms with E-state index >= 15 is 0 Å². The van der Waals surface area contributed by atoms with E-state index in [1.165, 1.54) is 17.4 Å². The number of carbonyl (C=O) groups is 1. The van der Waals surface area contributed by atoms with Crippen LogP contribution in [-0.4, -0.2) is 84.0 Å². The molecule has 2 heterocycles. The van der Waals surface area contributed by atoms with Gasteiger partial charge < -0.3 is 4.74 Å². The maximum absolute atomic E-state index is 13.3. The quantitative estimate of drug-likeness (QED) is 0.348. The zero-order valence-electron chi connectivity index (χ0n) is 21.3. The molecule has 9 nitrogen and oxygen atoms in total. The second-order valence-corrected chi connectivity index (χ2v) is 14.3. The molecule has 0 saturated carbocycles. The molecule has 208 valence electrons. The number of nitrogens with zero attached hydrogens (tertiary/aromatic N) is 3. The summed E-state index contributed by atoms with van der Waals surface area (Å²) < 4.78 is 55.5. The highest BCUT2D eigenvalue weighted by molar-refractivity contribution is 7.91. The summed E-state index contributed by atoms with van der Waals surface area (Å²) in [7, 11) is -6.87. The van der Waals surface area contributed by atoms with Gasteiger partial charge in [-0.25, -0.2) is 21.8 Å². The van der Waals surface area contributed by atoms with Crippen LogP contribution in [0.2, 0.25) is 0 Å². The lowest BCUT2D eigenvalue weighted by molar-refractivity contribution is -0.118. The predicted octanol–water partition coefficient (Wildman–Crippen LogP) is 3.35. The first-order valence-corrected chi connectivity index (χ1v) is 16.4. The monoisotopic (exact) mass is 601 g/mol. The standard InChI is InChI=1S/C25H31N3O6S3.ClH/c1-19-5-7-20(8-6-19)37(32,33)17-3-4-24(29)28(12-11-27-13-15-34-16-14-27)25-26-22-10-9-21(36(2,30)31)18-23(22)35-25;/h5-10,18H,3-4,11-17H2,1-2H3;1H. The fourth-order valence-corrected chi connectivity index (χ4v) is 7.12. The number of amides is 1. The summed E-state index contributed by atoms with van der Waals surface area (Å²) in [5, 5.41) is 0.473. The number of morpholine rings is 1. The van der Waals surface area contributed by atoms with Crippen molar-refractivity contribution in [3.63, 3.8) is 0 Å². The van der Waals surface area contributed by atoms with Gasteiger partial charge in [0.05, 0.1) is 39.0 Å². The summed E-state index contributed by atoms with van der Waals surface area (Å²) in [5.41, 5.74) is 1.59. The number of halogens is 1. The maximum Gasteiger partial charge on any atom is 0.228 e. The van der Waals surface area contributed by atoms with E-state index in [2.05, 4.69) is 9.88 Å². The van der Waals surface area contributed by atoms with Gasteiger partial charge in [-0.1, -0.05) is 29.0 Å². The van der Waals surface area contributed by atoms with Crippen LogP contribution in [0.15, 0.2) is 52.3 Å². The van der Waals surface area contributed by atoms with Crippen LogP contribution in [0.4, 0.5) is 5.13 Å². The Morgan fingerprint density at radius 2 is 1.71 bits per heavy atom. The molecule has 1 aromatic heterocycles. The summed E-state index contributed by atoms with van der Waals surface area (Å²) in [6, 6.07) is 11.4. The Bertz CT molecular complexity index is 1470. The molecule has 3 aromatic rings. The molecule has 13 heteroatoms. The van der Waals surface area contributed by atoms with Gasteiger partial charge in [-0.2, -0.15) is 0 Å². The van der Waals surface area contributed by atoms with Crippen molar-refractivity contribution >= 4 is 64.7 Å². The molecule has 1 fully saturated rings. The van der Waals surface area contributed by atoms with Crippen LogP contribution < -0.4 is 4.90 Å². The first kappa shape index (κ1) is 30.5. The van der Waals surface area contributed by atoms with Crippen molar-refractivity contribution in [2.45, 2.75) is 29.6 Å². The van der Waals surface area contributed by atoms with E-state index < -0.39 is 19.7 Å². The van der Waals surface area contributed by atoms with Crippen molar-refractivity contribution in [3.05, 3.63) is 48.0 Å². The van der Waals surface area contributed by atoms with Gasteiger partial charge in [-0.3, -0.25) is 14.6 Å². The van der Waals surface area contributed by atoms with Crippen LogP contribution in [0, 0.1) is 6.92 Å². The second kappa shape index (κ2) is 12.8. The van der Waals surface area contributed by atoms with Crippen molar-refractivity contribution in [2.24, 2.45) is 0 Å². The Labute approximate surface area is 234 Å². The third kappa shape index (κ3) is 7.73. The van der Waals surface area contributed by atoms with Gasteiger partial charge in [0.1, 0.15) is 0 Å². The molecule has 0 aliphatic carbocycles. The first-order valence-electron chi connectivity index (χ1n) is 12.0. The second-order valence-electron chi connectivity index (χ2n) is 9.13. The molecular weight excluding hydrogens is 570 g/mol. The predicted molar refractivity (Wildman–Crippen MR) is 152 cm³/mol. The summed E-state index contributed by atoms with van der Waals surface area (Å²) in [5.74, 6) is -0.341. The molecule has 2 aromatic carbocycles. The van der Waals surface area contributed by atoms with Crippen molar-refractivity contribution in [3.8, 4) is 0 Å². The highest BCUT2D eigenvalue weighted by Gasteiger charge is 2.23. The van der Waals surface area contributed by atoms with Crippen LogP contribution in [0.5, 0.6) is 0 Å². The van der Waals surface area contributed by atoms with Crippen molar-refractivity contribution in [2.75, 3.05) is 56.3 Å². The lowest BCUT2D eigenvalue weighted by Crippen LogP contribution is -2.43. The fraction of sp³-hybridized carbons (Fsp3) is 0.440. The number of anilines is 1. The molecule has 0 atom stereocenters. The number of ether oxygens (including phenoxy) is 1. The number of rotatable bonds is 10. The molecule has 0 unspecified atom stereocenters. The van der Waals surface area contributed by atoms with Crippen LogP contribution in [-0.2, 0) is 29.2 Å². The van der Waals surface area contributed by atoms with E-state index in [0.29, 0.717) is 41.7 Å². The average molecular weight is 602 g/mol. The van der Waals surface area contributed by atoms with Crippen LogP contribution in [0.1, 0.15) is 18.4 Å². The SMILES string of the molecule is Cc1ccc(S(=O)(=O)CCCC(=O)N(CCN2CCOCC2)c2nc3ccc(S(C)(=O)=O)cc3s2)cc1.Cl. The molecule has 0 N–H and O–H groups in total. The Hall–Kier alpha value is -2.09. The summed E-state index contributed by atoms with van der Waals surface area (Å²) in [6.45, 7) is 5.73. The molecule has 1 aliphatic heterocycles. The van der Waals surface area contributed by atoms with Gasteiger partial charge in [0, 0.05) is 38.9 Å². The van der Waals surface area contributed by atoms with Gasteiger partial charge in [-0.15, -0.1) is 12.4 Å². The summed E-state index contributed by atoms with van der Waals surface area (Å²) in [4.78, 5) is 22.2. The number of sulfone groups is 2. The minimum atomic E-state index is -3.49. The number of thiazole rings is 1. The zero-order valence-corrected chi connectivity index (χ0v) is 24.6. The summed E-state index contributed by atoms with van der Waals surface area (Å²) >= 11 is 1.26. The molecule has 1 amide bonds. The Kier molecular flexibility index (Phi) is 10.3. The fourth-order valence-electron chi connectivity index (χ4n) is 4.04. The maximum atomic E-state index is 13.3. The highest BCUT2D eigenvalue weighted by atomic mass is 35.5. The average Bonchev–Trinajstić information content (AvgIpc) is 3.27. The van der Waals surface area contributed by atoms with E-state index in [0.717, 1.165) is 24.9 Å². The van der Waals surface area contributed by atoms with Crippen LogP contribution in [0.3, 0.4) is 0 Å².